The van der Waals surface area contributed by atoms with Crippen molar-refractivity contribution in [3.63, 3.8) is 0 Å². The number of rotatable bonds is 6. The second kappa shape index (κ2) is 7.15. The van der Waals surface area contributed by atoms with Crippen LogP contribution < -0.4 is 5.32 Å². The number of nitro groups is 1. The molecule has 4 rings (SSSR count). The number of amides is 1. The number of aromatic nitrogens is 1. The quantitative estimate of drug-likeness (QED) is 0.452. The number of fused-ring (bicyclic) bond motifs is 3. The average molecular weight is 392 g/mol. The van der Waals surface area contributed by atoms with Gasteiger partial charge in [0.15, 0.2) is 4.34 Å². The van der Waals surface area contributed by atoms with E-state index < -0.39 is 4.92 Å². The van der Waals surface area contributed by atoms with E-state index in [1.807, 2.05) is 0 Å². The summed E-state index contributed by atoms with van der Waals surface area (Å²) in [4.78, 5) is 27.2. The average Bonchev–Trinajstić information content (AvgIpc) is 3.33. The number of carbonyl (C=O) groups excluding carboxylic acids is 1. The van der Waals surface area contributed by atoms with Crippen molar-refractivity contribution in [1.29, 1.82) is 0 Å². The van der Waals surface area contributed by atoms with Gasteiger partial charge in [-0.05, 0) is 50.0 Å². The van der Waals surface area contributed by atoms with Gasteiger partial charge in [0, 0.05) is 18.2 Å². The number of nitrogens with one attached hydrogen (secondary N) is 1. The van der Waals surface area contributed by atoms with Crippen LogP contribution in [0.5, 0.6) is 0 Å². The highest BCUT2D eigenvalue weighted by Crippen LogP contribution is 2.49. The Kier molecular flexibility index (Phi) is 4.88. The van der Waals surface area contributed by atoms with Gasteiger partial charge in [-0.2, -0.15) is 0 Å². The van der Waals surface area contributed by atoms with E-state index in [0.29, 0.717) is 11.7 Å². The Morgan fingerprint density at radius 1 is 1.46 bits per heavy atom. The number of hydrogen-bond acceptors (Lipinski definition) is 6. The second-order valence-corrected chi connectivity index (χ2v) is 9.63. The van der Waals surface area contributed by atoms with Crippen LogP contribution in [0.2, 0.25) is 0 Å². The first-order chi connectivity index (χ1) is 12.5. The van der Waals surface area contributed by atoms with Crippen LogP contribution in [-0.4, -0.2) is 27.6 Å². The number of hydrogen-bond donors (Lipinski definition) is 1. The maximum Gasteiger partial charge on any atom is 0.270 e. The zero-order chi connectivity index (χ0) is 18.3. The summed E-state index contributed by atoms with van der Waals surface area (Å²) in [6.07, 6.45) is 5.29. The van der Waals surface area contributed by atoms with Crippen LogP contribution in [0.4, 0.5) is 5.69 Å². The minimum Gasteiger partial charge on any atom is -0.353 e. The van der Waals surface area contributed by atoms with Crippen molar-refractivity contribution in [2.45, 2.75) is 43.0 Å². The van der Waals surface area contributed by atoms with Crippen LogP contribution in [0.25, 0.3) is 10.2 Å². The molecule has 6 nitrogen and oxygen atoms in total. The molecular formula is C18H21N3O3S2. The molecule has 1 heterocycles. The van der Waals surface area contributed by atoms with E-state index in [2.05, 4.69) is 17.2 Å². The Bertz CT molecular complexity index is 853. The van der Waals surface area contributed by atoms with E-state index in [9.17, 15) is 14.9 Å². The highest BCUT2D eigenvalue weighted by molar-refractivity contribution is 8.01. The molecule has 2 aliphatic rings. The van der Waals surface area contributed by atoms with Crippen LogP contribution in [0.3, 0.4) is 0 Å². The Morgan fingerprint density at radius 3 is 3.00 bits per heavy atom. The summed E-state index contributed by atoms with van der Waals surface area (Å²) in [7, 11) is 0. The van der Waals surface area contributed by atoms with Crippen molar-refractivity contribution in [3.8, 4) is 0 Å². The van der Waals surface area contributed by atoms with Gasteiger partial charge in [0.05, 0.1) is 20.9 Å². The zero-order valence-electron chi connectivity index (χ0n) is 14.5. The van der Waals surface area contributed by atoms with E-state index in [0.717, 1.165) is 26.4 Å². The number of thiazole rings is 1. The number of thioether (sulfide) groups is 1. The summed E-state index contributed by atoms with van der Waals surface area (Å²) in [6.45, 7) is 2.13. The third-order valence-electron chi connectivity index (χ3n) is 5.71. The highest BCUT2D eigenvalue weighted by Gasteiger charge is 2.42. The number of carbonyl (C=O) groups is 1. The van der Waals surface area contributed by atoms with E-state index in [-0.39, 0.29) is 17.6 Å². The summed E-state index contributed by atoms with van der Waals surface area (Å²) in [5.41, 5.74) is 0.800. The Hall–Kier alpha value is -1.67. The maximum absolute atomic E-state index is 12.3. The van der Waals surface area contributed by atoms with Gasteiger partial charge in [-0.25, -0.2) is 4.98 Å². The molecule has 0 radical (unpaired) electrons. The molecule has 1 aromatic carbocycles. The second-order valence-electron chi connectivity index (χ2n) is 7.37. The monoisotopic (exact) mass is 391 g/mol. The lowest BCUT2D eigenvalue weighted by atomic mass is 9.84. The summed E-state index contributed by atoms with van der Waals surface area (Å²) < 4.78 is 1.54. The molecular weight excluding hydrogens is 370 g/mol. The zero-order valence-corrected chi connectivity index (χ0v) is 16.1. The molecule has 0 saturated heterocycles. The van der Waals surface area contributed by atoms with Crippen molar-refractivity contribution in [2.75, 3.05) is 5.75 Å². The third-order valence-corrected chi connectivity index (χ3v) is 7.87. The Morgan fingerprint density at radius 2 is 2.31 bits per heavy atom. The SMILES string of the molecule is C[C@@H](NC(=O)CSc1nc2ccc([N+](=O)[O-])cc2s1)[C@H]1C[C@H]2CC[C@H]1C2. The first kappa shape index (κ1) is 17.7. The lowest BCUT2D eigenvalue weighted by molar-refractivity contribution is -0.384. The summed E-state index contributed by atoms with van der Waals surface area (Å²) in [6, 6.07) is 4.89. The van der Waals surface area contributed by atoms with Crippen molar-refractivity contribution in [3.05, 3.63) is 28.3 Å². The van der Waals surface area contributed by atoms with Crippen LogP contribution in [-0.2, 0) is 4.79 Å². The fourth-order valence-corrected chi connectivity index (χ4v) is 6.42. The molecule has 2 aromatic rings. The van der Waals surface area contributed by atoms with Crippen LogP contribution >= 0.6 is 23.1 Å². The number of nitro benzene ring substituents is 1. The standard InChI is InChI=1S/C18H21N3O3S2/c1-10(14-7-11-2-3-12(14)6-11)19-17(22)9-25-18-20-15-5-4-13(21(23)24)8-16(15)26-18/h4-5,8,10-12,14H,2-3,6-7,9H2,1H3,(H,19,22)/t10-,11+,12+,14-/m1/s1. The molecule has 0 spiro atoms. The molecule has 8 heteroatoms. The molecule has 0 unspecified atom stereocenters. The predicted molar refractivity (Wildman–Crippen MR) is 104 cm³/mol. The van der Waals surface area contributed by atoms with Gasteiger partial charge < -0.3 is 5.32 Å². The first-order valence-corrected chi connectivity index (χ1v) is 10.8. The Labute approximate surface area is 159 Å². The van der Waals surface area contributed by atoms with E-state index in [1.54, 1.807) is 6.07 Å². The van der Waals surface area contributed by atoms with Crippen molar-refractivity contribution >= 4 is 44.9 Å². The van der Waals surface area contributed by atoms with E-state index in [1.165, 1.54) is 60.9 Å². The molecule has 1 amide bonds. The molecule has 4 atom stereocenters. The van der Waals surface area contributed by atoms with Gasteiger partial charge in [0.1, 0.15) is 0 Å². The molecule has 1 aromatic heterocycles. The highest BCUT2D eigenvalue weighted by atomic mass is 32.2. The number of benzene rings is 1. The topological polar surface area (TPSA) is 85.1 Å². The van der Waals surface area contributed by atoms with Crippen LogP contribution in [0.1, 0.15) is 32.6 Å². The molecule has 2 saturated carbocycles. The summed E-state index contributed by atoms with van der Waals surface area (Å²) >= 11 is 2.79. The minimum absolute atomic E-state index is 0.0375. The number of non-ortho nitro benzene ring substituents is 1. The van der Waals surface area contributed by atoms with Gasteiger partial charge in [-0.3, -0.25) is 14.9 Å². The molecule has 1 N–H and O–H groups in total. The molecule has 2 aliphatic carbocycles. The number of nitrogens with zero attached hydrogens (tertiary/aromatic N) is 2. The molecule has 0 aliphatic heterocycles. The van der Waals surface area contributed by atoms with Gasteiger partial charge in [-0.15, -0.1) is 11.3 Å². The fraction of sp³-hybridized carbons (Fsp3) is 0.556. The first-order valence-electron chi connectivity index (χ1n) is 8.96. The molecule has 2 bridgehead atoms. The normalized spacial score (nSPS) is 25.5. The predicted octanol–water partition coefficient (Wildman–Crippen LogP) is 4.24. The van der Waals surface area contributed by atoms with Crippen molar-refractivity contribution in [2.24, 2.45) is 17.8 Å². The summed E-state index contributed by atoms with van der Waals surface area (Å²) in [5, 5.41) is 14.0. The summed E-state index contributed by atoms with van der Waals surface area (Å²) in [5.74, 6) is 2.67. The third kappa shape index (κ3) is 3.57. The van der Waals surface area contributed by atoms with Gasteiger partial charge in [-0.1, -0.05) is 18.2 Å². The van der Waals surface area contributed by atoms with Gasteiger partial charge in [0.25, 0.3) is 5.69 Å². The van der Waals surface area contributed by atoms with Gasteiger partial charge in [0.2, 0.25) is 5.91 Å². The lowest BCUT2D eigenvalue weighted by Gasteiger charge is -2.28. The van der Waals surface area contributed by atoms with E-state index >= 15 is 0 Å². The molecule has 2 fully saturated rings. The maximum atomic E-state index is 12.3. The molecule has 138 valence electrons. The van der Waals surface area contributed by atoms with E-state index in [4.69, 9.17) is 0 Å². The van der Waals surface area contributed by atoms with Crippen molar-refractivity contribution in [1.82, 2.24) is 10.3 Å². The Balaban J connectivity index is 1.32. The van der Waals surface area contributed by atoms with Crippen LogP contribution in [0.15, 0.2) is 22.5 Å². The van der Waals surface area contributed by atoms with Crippen LogP contribution in [0, 0.1) is 27.9 Å². The minimum atomic E-state index is -0.406. The largest absolute Gasteiger partial charge is 0.353 e. The molecule has 26 heavy (non-hydrogen) atoms. The fourth-order valence-electron chi connectivity index (χ4n) is 4.50. The van der Waals surface area contributed by atoms with Crippen molar-refractivity contribution < 1.29 is 9.72 Å². The lowest BCUT2D eigenvalue weighted by Crippen LogP contribution is -2.40. The van der Waals surface area contributed by atoms with Gasteiger partial charge >= 0.3 is 0 Å². The smallest absolute Gasteiger partial charge is 0.270 e.